The Morgan fingerprint density at radius 3 is 2.65 bits per heavy atom. The maximum atomic E-state index is 15.0. The third kappa shape index (κ3) is 5.41. The van der Waals surface area contributed by atoms with Crippen molar-refractivity contribution in [1.29, 1.82) is 0 Å². The summed E-state index contributed by atoms with van der Waals surface area (Å²) in [6.07, 6.45) is 1.95. The van der Waals surface area contributed by atoms with E-state index in [4.69, 9.17) is 4.98 Å². The number of benzene rings is 1. The Morgan fingerprint density at radius 1 is 1.08 bits per heavy atom. The zero-order valence-electron chi connectivity index (χ0n) is 21.3. The number of fused-ring (bicyclic) bond motifs is 2. The van der Waals surface area contributed by atoms with Crippen molar-refractivity contribution >= 4 is 35.2 Å². The minimum absolute atomic E-state index is 0. The lowest BCUT2D eigenvalue weighted by molar-refractivity contribution is 0.254. The van der Waals surface area contributed by atoms with Crippen molar-refractivity contribution in [1.82, 2.24) is 34.7 Å². The first-order valence-electron chi connectivity index (χ1n) is 12.2. The smallest absolute Gasteiger partial charge is 0.229 e. The number of nitrogens with one attached hydrogen (secondary N) is 2. The third-order valence-corrected chi connectivity index (χ3v) is 6.50. The van der Waals surface area contributed by atoms with Gasteiger partial charge in [0.25, 0.3) is 0 Å². The van der Waals surface area contributed by atoms with E-state index in [1.165, 1.54) is 11.6 Å². The maximum Gasteiger partial charge on any atom is 0.229 e. The van der Waals surface area contributed by atoms with Crippen molar-refractivity contribution in [2.24, 2.45) is 0 Å². The van der Waals surface area contributed by atoms with Gasteiger partial charge in [0, 0.05) is 49.9 Å². The molecule has 1 aliphatic heterocycles. The number of imidazole rings is 1. The summed E-state index contributed by atoms with van der Waals surface area (Å²) < 4.78 is 31.7. The number of hydrogen-bond acceptors (Lipinski definition) is 7. The van der Waals surface area contributed by atoms with Crippen LogP contribution in [0.3, 0.4) is 0 Å². The van der Waals surface area contributed by atoms with E-state index in [0.717, 1.165) is 44.5 Å². The molecular formula is C26H31ClF2N8. The molecule has 0 amide bonds. The lowest BCUT2D eigenvalue weighted by Crippen LogP contribution is -2.35. The van der Waals surface area contributed by atoms with Crippen molar-refractivity contribution in [2.75, 3.05) is 32.0 Å². The number of aryl methyl sites for hydroxylation is 1. The molecule has 3 aromatic heterocycles. The Labute approximate surface area is 221 Å². The van der Waals surface area contributed by atoms with Gasteiger partial charge in [-0.05, 0) is 51.6 Å². The number of nitrogens with zero attached hydrogens (tertiary/aromatic N) is 6. The third-order valence-electron chi connectivity index (χ3n) is 6.50. The van der Waals surface area contributed by atoms with E-state index < -0.39 is 11.6 Å². The molecule has 0 unspecified atom stereocenters. The van der Waals surface area contributed by atoms with Gasteiger partial charge < -0.3 is 15.2 Å². The predicted octanol–water partition coefficient (Wildman–Crippen LogP) is 4.80. The maximum absolute atomic E-state index is 15.0. The molecule has 0 radical (unpaired) electrons. The summed E-state index contributed by atoms with van der Waals surface area (Å²) in [5.74, 6) is 0.332. The molecule has 4 heterocycles. The fourth-order valence-electron chi connectivity index (χ4n) is 4.81. The summed E-state index contributed by atoms with van der Waals surface area (Å²) >= 11 is 0. The van der Waals surface area contributed by atoms with Gasteiger partial charge in [-0.25, -0.2) is 28.7 Å². The molecule has 196 valence electrons. The first-order valence-corrected chi connectivity index (χ1v) is 12.2. The Bertz CT molecular complexity index is 1420. The molecule has 1 aliphatic rings. The molecule has 1 aromatic carbocycles. The lowest BCUT2D eigenvalue weighted by Gasteiger charge is -2.28. The summed E-state index contributed by atoms with van der Waals surface area (Å²) in [6.45, 7) is 9.58. The van der Waals surface area contributed by atoms with Crippen LogP contribution in [-0.2, 0) is 13.0 Å². The van der Waals surface area contributed by atoms with Crippen LogP contribution in [0, 0.1) is 18.6 Å². The topological polar surface area (TPSA) is 83.8 Å². The van der Waals surface area contributed by atoms with Gasteiger partial charge >= 0.3 is 0 Å². The second-order valence-corrected chi connectivity index (χ2v) is 9.40. The highest BCUT2D eigenvalue weighted by atomic mass is 35.5. The highest BCUT2D eigenvalue weighted by molar-refractivity contribution is 5.85. The summed E-state index contributed by atoms with van der Waals surface area (Å²) in [5.41, 5.74) is 3.44. The molecule has 4 aromatic rings. The first kappa shape index (κ1) is 26.8. The van der Waals surface area contributed by atoms with Gasteiger partial charge in [0.05, 0.1) is 11.7 Å². The highest BCUT2D eigenvalue weighted by Gasteiger charge is 2.20. The minimum Gasteiger partial charge on any atom is -0.326 e. The molecule has 0 saturated carbocycles. The van der Waals surface area contributed by atoms with Gasteiger partial charge in [0.1, 0.15) is 22.9 Å². The molecular weight excluding hydrogens is 498 g/mol. The van der Waals surface area contributed by atoms with Crippen LogP contribution in [0.1, 0.15) is 37.0 Å². The Hall–Kier alpha value is -3.21. The molecule has 5 rings (SSSR count). The molecule has 0 spiro atoms. The summed E-state index contributed by atoms with van der Waals surface area (Å²) in [6, 6.07) is 7.00. The van der Waals surface area contributed by atoms with Crippen molar-refractivity contribution in [2.45, 2.75) is 39.8 Å². The van der Waals surface area contributed by atoms with Crippen LogP contribution in [0.2, 0.25) is 0 Å². The highest BCUT2D eigenvalue weighted by Crippen LogP contribution is 2.30. The quantitative estimate of drug-likeness (QED) is 0.356. The zero-order valence-corrected chi connectivity index (χ0v) is 22.2. The Morgan fingerprint density at radius 2 is 1.89 bits per heavy atom. The largest absolute Gasteiger partial charge is 0.326 e. The van der Waals surface area contributed by atoms with Crippen LogP contribution >= 0.6 is 12.4 Å². The van der Waals surface area contributed by atoms with Crippen LogP contribution in [0.15, 0.2) is 30.5 Å². The molecule has 0 aliphatic carbocycles. The second-order valence-electron chi connectivity index (χ2n) is 9.40. The molecule has 37 heavy (non-hydrogen) atoms. The second kappa shape index (κ2) is 11.0. The first-order chi connectivity index (χ1) is 17.3. The van der Waals surface area contributed by atoms with Gasteiger partial charge in [-0.15, -0.1) is 12.4 Å². The average molecular weight is 529 g/mol. The van der Waals surface area contributed by atoms with Crippen LogP contribution in [0.25, 0.3) is 22.3 Å². The number of anilines is 2. The summed E-state index contributed by atoms with van der Waals surface area (Å²) in [7, 11) is 1.96. The molecule has 0 atom stereocenters. The van der Waals surface area contributed by atoms with Crippen LogP contribution < -0.4 is 10.6 Å². The van der Waals surface area contributed by atoms with Crippen molar-refractivity contribution in [3.05, 3.63) is 59.2 Å². The molecule has 11 heteroatoms. The number of pyridine rings is 1. The number of halogens is 3. The fraction of sp³-hybridized carbons (Fsp3) is 0.385. The van der Waals surface area contributed by atoms with Crippen LogP contribution in [-0.4, -0.2) is 56.1 Å². The van der Waals surface area contributed by atoms with Crippen molar-refractivity contribution in [3.63, 3.8) is 0 Å². The predicted molar refractivity (Wildman–Crippen MR) is 143 cm³/mol. The number of hydrogen-bond donors (Lipinski definition) is 2. The van der Waals surface area contributed by atoms with Gasteiger partial charge in [0.15, 0.2) is 11.6 Å². The van der Waals surface area contributed by atoms with E-state index in [-0.39, 0.29) is 35.6 Å². The Balaban J connectivity index is 0.00000320. The SMILES string of the molecule is CNCCN1CCc2nc(Nc3ncc(F)c(-c4cc(F)c5nc(C)n(C(C)C)c5c4)n3)ccc2C1.Cl. The number of rotatable bonds is 7. The van der Waals surface area contributed by atoms with Gasteiger partial charge in [-0.2, -0.15) is 0 Å². The normalized spacial score (nSPS) is 13.6. The van der Waals surface area contributed by atoms with Crippen molar-refractivity contribution < 1.29 is 8.78 Å². The molecule has 8 nitrogen and oxygen atoms in total. The van der Waals surface area contributed by atoms with Gasteiger partial charge in [0.2, 0.25) is 5.95 Å². The van der Waals surface area contributed by atoms with Gasteiger partial charge in [-0.1, -0.05) is 6.07 Å². The summed E-state index contributed by atoms with van der Waals surface area (Å²) in [4.78, 5) is 20.0. The summed E-state index contributed by atoms with van der Waals surface area (Å²) in [5, 5.41) is 6.27. The van der Waals surface area contributed by atoms with E-state index in [2.05, 4.69) is 36.6 Å². The van der Waals surface area contributed by atoms with Crippen molar-refractivity contribution in [3.8, 4) is 11.3 Å². The molecule has 0 saturated heterocycles. The number of likely N-dealkylation sites (N-methyl/N-ethyl adjacent to an activating group) is 1. The molecule has 0 bridgehead atoms. The average Bonchev–Trinajstić information content (AvgIpc) is 3.20. The number of aromatic nitrogens is 5. The van der Waals surface area contributed by atoms with E-state index in [0.29, 0.717) is 22.7 Å². The van der Waals surface area contributed by atoms with Crippen LogP contribution in [0.4, 0.5) is 20.5 Å². The fourth-order valence-corrected chi connectivity index (χ4v) is 4.81. The minimum atomic E-state index is -0.633. The molecule has 2 N–H and O–H groups in total. The lowest BCUT2D eigenvalue weighted by atomic mass is 10.1. The zero-order chi connectivity index (χ0) is 25.4. The van der Waals surface area contributed by atoms with Crippen LogP contribution in [0.5, 0.6) is 0 Å². The van der Waals surface area contributed by atoms with E-state index in [1.807, 2.05) is 38.5 Å². The monoisotopic (exact) mass is 528 g/mol. The standard InChI is InChI=1S/C26H30F2N8.ClH/c1-15(2)36-16(3)31-25-19(27)11-18(12-22(25)36)24-20(28)13-30-26(34-24)33-23-6-5-17-14-35(10-8-29-4)9-7-21(17)32-23;/h5-6,11-13,15,29H,7-10,14H2,1-4H3,(H,30,32,33,34);1H. The van der Waals surface area contributed by atoms with Gasteiger partial charge in [-0.3, -0.25) is 4.90 Å². The Kier molecular flexibility index (Phi) is 8.01. The van der Waals surface area contributed by atoms with E-state index in [1.54, 1.807) is 6.07 Å². The van der Waals surface area contributed by atoms with E-state index >= 15 is 0 Å². The van der Waals surface area contributed by atoms with E-state index in [9.17, 15) is 8.78 Å². The molecule has 0 fully saturated rings.